The number of hydrogen-bond acceptors (Lipinski definition) is 3. The van der Waals surface area contributed by atoms with E-state index in [-0.39, 0.29) is 11.3 Å². The Balaban J connectivity index is 2.53. The molecule has 0 radical (unpaired) electrons. The van der Waals surface area contributed by atoms with Gasteiger partial charge in [-0.3, -0.25) is 5.32 Å². The normalized spacial score (nSPS) is 14.3. The molecule has 2 N–H and O–H groups in total. The van der Waals surface area contributed by atoms with Crippen LogP contribution in [0.15, 0.2) is 36.5 Å². The highest BCUT2D eigenvalue weighted by molar-refractivity contribution is 5.40. The van der Waals surface area contributed by atoms with Crippen LogP contribution < -0.4 is 14.6 Å². The number of benzene rings is 1. The quantitative estimate of drug-likeness (QED) is 0.433. The standard InChI is InChI=1S/C23H30F4N2O2/c1-6-16-9-8-12-29(20(16)28-7-2)15-22(30,23(25,26)27)14-21(3,4)18-13-17(24)10-11-19(18)31-5/h8-13,30H,6-7,14-15H2,1-5H3/p+1. The molecule has 0 saturated heterocycles. The lowest BCUT2D eigenvalue weighted by Crippen LogP contribution is -2.59. The molecule has 0 aliphatic carbocycles. The minimum Gasteiger partial charge on any atom is -0.496 e. The van der Waals surface area contributed by atoms with Crippen molar-refractivity contribution in [3.8, 4) is 5.75 Å². The van der Waals surface area contributed by atoms with Crippen molar-refractivity contribution in [2.45, 2.75) is 64.3 Å². The van der Waals surface area contributed by atoms with Gasteiger partial charge in [-0.25, -0.2) is 8.96 Å². The van der Waals surface area contributed by atoms with Gasteiger partial charge in [0.05, 0.1) is 19.9 Å². The second-order valence-electron chi connectivity index (χ2n) is 8.33. The summed E-state index contributed by atoms with van der Waals surface area (Å²) < 4.78 is 63.2. The van der Waals surface area contributed by atoms with Gasteiger partial charge in [-0.05, 0) is 55.5 Å². The van der Waals surface area contributed by atoms with Gasteiger partial charge in [-0.1, -0.05) is 20.8 Å². The van der Waals surface area contributed by atoms with E-state index in [1.807, 2.05) is 19.9 Å². The highest BCUT2D eigenvalue weighted by Gasteiger charge is 2.58. The summed E-state index contributed by atoms with van der Waals surface area (Å²) in [5, 5.41) is 14.1. The number of rotatable bonds is 9. The van der Waals surface area contributed by atoms with Gasteiger partial charge in [0.2, 0.25) is 0 Å². The Kier molecular flexibility index (Phi) is 7.57. The number of alkyl halides is 3. The van der Waals surface area contributed by atoms with Crippen LogP contribution in [0.2, 0.25) is 0 Å². The zero-order valence-electron chi connectivity index (χ0n) is 18.6. The fourth-order valence-electron chi connectivity index (χ4n) is 3.96. The molecule has 1 heterocycles. The van der Waals surface area contributed by atoms with Crippen LogP contribution in [0.25, 0.3) is 0 Å². The van der Waals surface area contributed by atoms with Crippen molar-refractivity contribution in [3.63, 3.8) is 0 Å². The first-order chi connectivity index (χ1) is 14.4. The number of hydrogen-bond donors (Lipinski definition) is 2. The molecular formula is C23H31F4N2O2+. The van der Waals surface area contributed by atoms with Crippen molar-refractivity contribution in [1.29, 1.82) is 0 Å². The van der Waals surface area contributed by atoms with Crippen LogP contribution in [0, 0.1) is 5.82 Å². The van der Waals surface area contributed by atoms with Gasteiger partial charge < -0.3 is 9.84 Å². The van der Waals surface area contributed by atoms with E-state index < -0.39 is 36.0 Å². The monoisotopic (exact) mass is 443 g/mol. The van der Waals surface area contributed by atoms with Gasteiger partial charge in [0.15, 0.2) is 5.60 Å². The van der Waals surface area contributed by atoms with Crippen LogP contribution in [0.3, 0.4) is 0 Å². The largest absolute Gasteiger partial charge is 0.496 e. The van der Waals surface area contributed by atoms with E-state index >= 15 is 0 Å². The number of aromatic nitrogens is 1. The SMILES string of the molecule is CCNc1c(CC)ccc[n+]1CC(O)(CC(C)(C)c1cc(F)ccc1OC)C(F)(F)F. The van der Waals surface area contributed by atoms with E-state index in [1.54, 1.807) is 19.9 Å². The lowest BCUT2D eigenvalue weighted by Gasteiger charge is -2.37. The Labute approximate surface area is 180 Å². The van der Waals surface area contributed by atoms with E-state index in [1.165, 1.54) is 30.0 Å². The number of nitrogens with zero attached hydrogens (tertiary/aromatic N) is 1. The number of anilines is 1. The molecule has 1 atom stereocenters. The molecule has 1 aromatic heterocycles. The van der Waals surface area contributed by atoms with Crippen molar-refractivity contribution in [2.24, 2.45) is 0 Å². The molecule has 0 bridgehead atoms. The molecular weight excluding hydrogens is 412 g/mol. The molecule has 0 amide bonds. The highest BCUT2D eigenvalue weighted by Crippen LogP contribution is 2.44. The topological polar surface area (TPSA) is 45.4 Å². The van der Waals surface area contributed by atoms with Gasteiger partial charge in [0.25, 0.3) is 5.82 Å². The number of aryl methyl sites for hydroxylation is 1. The number of ether oxygens (including phenoxy) is 1. The van der Waals surface area contributed by atoms with E-state index in [2.05, 4.69) is 5.32 Å². The van der Waals surface area contributed by atoms with E-state index in [0.29, 0.717) is 18.8 Å². The molecule has 172 valence electrons. The lowest BCUT2D eigenvalue weighted by molar-refractivity contribution is -0.704. The Bertz CT molecular complexity index is 900. The van der Waals surface area contributed by atoms with E-state index in [4.69, 9.17) is 4.74 Å². The summed E-state index contributed by atoms with van der Waals surface area (Å²) in [7, 11) is 1.37. The van der Waals surface area contributed by atoms with Gasteiger partial charge in [-0.2, -0.15) is 13.2 Å². The van der Waals surface area contributed by atoms with Crippen LogP contribution in [0.4, 0.5) is 23.4 Å². The zero-order chi connectivity index (χ0) is 23.4. The third kappa shape index (κ3) is 5.47. The van der Waals surface area contributed by atoms with Gasteiger partial charge >= 0.3 is 6.18 Å². The maximum Gasteiger partial charge on any atom is 0.421 e. The molecule has 2 aromatic rings. The number of pyridine rings is 1. The summed E-state index contributed by atoms with van der Waals surface area (Å²) >= 11 is 0. The summed E-state index contributed by atoms with van der Waals surface area (Å²) in [4.78, 5) is 0. The molecule has 4 nitrogen and oxygen atoms in total. The molecule has 0 fully saturated rings. The second kappa shape index (κ2) is 9.42. The zero-order valence-corrected chi connectivity index (χ0v) is 18.6. The Hall–Kier alpha value is -2.35. The molecule has 8 heteroatoms. The maximum absolute atomic E-state index is 14.2. The smallest absolute Gasteiger partial charge is 0.421 e. The van der Waals surface area contributed by atoms with Gasteiger partial charge in [-0.15, -0.1) is 0 Å². The summed E-state index contributed by atoms with van der Waals surface area (Å²) in [6, 6.07) is 7.22. The van der Waals surface area contributed by atoms with Crippen molar-refractivity contribution in [1.82, 2.24) is 0 Å². The second-order valence-corrected chi connectivity index (χ2v) is 8.33. The molecule has 0 spiro atoms. The molecule has 1 aromatic carbocycles. The maximum atomic E-state index is 14.2. The number of nitrogens with one attached hydrogen (secondary N) is 1. The average Bonchev–Trinajstić information content (AvgIpc) is 2.68. The molecule has 0 aliphatic rings. The molecule has 1 unspecified atom stereocenters. The average molecular weight is 444 g/mol. The van der Waals surface area contributed by atoms with Crippen molar-refractivity contribution in [2.75, 3.05) is 19.0 Å². The van der Waals surface area contributed by atoms with E-state index in [0.717, 1.165) is 11.6 Å². The summed E-state index contributed by atoms with van der Waals surface area (Å²) in [6.45, 7) is 6.67. The van der Waals surface area contributed by atoms with E-state index in [9.17, 15) is 22.7 Å². The fraction of sp³-hybridized carbons (Fsp3) is 0.522. The van der Waals surface area contributed by atoms with Crippen molar-refractivity contribution < 1.29 is 32.0 Å². The lowest BCUT2D eigenvalue weighted by atomic mass is 9.74. The number of aliphatic hydroxyl groups is 1. The number of halogens is 4. The van der Waals surface area contributed by atoms with Crippen molar-refractivity contribution >= 4 is 5.82 Å². The Morgan fingerprint density at radius 1 is 1.13 bits per heavy atom. The third-order valence-corrected chi connectivity index (χ3v) is 5.46. The first-order valence-electron chi connectivity index (χ1n) is 10.3. The fourth-order valence-corrected chi connectivity index (χ4v) is 3.96. The van der Waals surface area contributed by atoms with Crippen molar-refractivity contribution in [3.05, 3.63) is 53.5 Å². The Morgan fingerprint density at radius 3 is 2.35 bits per heavy atom. The Morgan fingerprint density at radius 2 is 1.81 bits per heavy atom. The van der Waals surface area contributed by atoms with Crippen LogP contribution in [0.5, 0.6) is 5.75 Å². The highest BCUT2D eigenvalue weighted by atomic mass is 19.4. The van der Waals surface area contributed by atoms with Crippen LogP contribution >= 0.6 is 0 Å². The van der Waals surface area contributed by atoms with Crippen LogP contribution in [0.1, 0.15) is 45.2 Å². The summed E-state index contributed by atoms with van der Waals surface area (Å²) in [5.41, 5.74) is -3.19. The minimum absolute atomic E-state index is 0.261. The van der Waals surface area contributed by atoms with Gasteiger partial charge in [0, 0.05) is 11.1 Å². The van der Waals surface area contributed by atoms with Crippen LogP contribution in [-0.4, -0.2) is 30.5 Å². The number of methoxy groups -OCH3 is 1. The molecule has 0 aliphatic heterocycles. The summed E-state index contributed by atoms with van der Waals surface area (Å²) in [6.07, 6.45) is -3.45. The third-order valence-electron chi connectivity index (χ3n) is 5.46. The molecule has 0 saturated carbocycles. The molecule has 31 heavy (non-hydrogen) atoms. The molecule has 2 rings (SSSR count). The predicted molar refractivity (Wildman–Crippen MR) is 112 cm³/mol. The van der Waals surface area contributed by atoms with Crippen LogP contribution in [-0.2, 0) is 18.4 Å². The predicted octanol–water partition coefficient (Wildman–Crippen LogP) is 4.78. The minimum atomic E-state index is -4.91. The first-order valence-corrected chi connectivity index (χ1v) is 10.3. The summed E-state index contributed by atoms with van der Waals surface area (Å²) in [5.74, 6) is 0.222. The first kappa shape index (κ1) is 24.9. The van der Waals surface area contributed by atoms with Gasteiger partial charge in [0.1, 0.15) is 18.1 Å².